The van der Waals surface area contributed by atoms with E-state index in [2.05, 4.69) is 58.3 Å². The minimum atomic E-state index is -0.421. The molecule has 2 amide bonds. The fourth-order valence-corrected chi connectivity index (χ4v) is 12.3. The molecule has 2 aliphatic carbocycles. The van der Waals surface area contributed by atoms with Crippen molar-refractivity contribution in [2.24, 2.45) is 11.8 Å². The van der Waals surface area contributed by atoms with Gasteiger partial charge in [0.1, 0.15) is 11.5 Å². The van der Waals surface area contributed by atoms with Gasteiger partial charge in [0.15, 0.2) is 11.4 Å². The number of ether oxygens (including phenoxy) is 4. The third kappa shape index (κ3) is 13.7. The lowest BCUT2D eigenvalue weighted by molar-refractivity contribution is 0.0236. The standard InChI is InChI=1S/2C35H40N4O4/c2*1-3-43-35-36-32(33(27-14-8-5-9-15-27)39(35)29-16-10-11-17-31(29)42-2)34(41)38-21-20-37(23-25-12-6-4-7-13-25)24-28(38)22-30(40)26-18-19-26/h2*4-17,26,28,30,40H,3,18-24H2,1-2H3/t28-,30+;28-,30-/m11/s1. The average Bonchev–Trinajstić information content (AvgIpc) is 1.93. The second-order valence-corrected chi connectivity index (χ2v) is 22.8. The highest BCUT2D eigenvalue weighted by molar-refractivity contribution is 6.00. The van der Waals surface area contributed by atoms with E-state index >= 15 is 0 Å². The molecule has 16 nitrogen and oxygen atoms in total. The third-order valence-corrected chi connectivity index (χ3v) is 16.9. The van der Waals surface area contributed by atoms with Crippen molar-refractivity contribution in [1.82, 2.24) is 38.7 Å². The number of carbonyl (C=O) groups is 2. The Morgan fingerprint density at radius 1 is 0.488 bits per heavy atom. The molecule has 0 spiro atoms. The summed E-state index contributed by atoms with van der Waals surface area (Å²) < 4.78 is 27.4. The zero-order valence-corrected chi connectivity index (χ0v) is 49.9. The van der Waals surface area contributed by atoms with Crippen LogP contribution in [0.2, 0.25) is 0 Å². The van der Waals surface area contributed by atoms with Gasteiger partial charge in [0, 0.05) is 75.6 Å². The molecular weight excluding hydrogens is 1080 g/mol. The van der Waals surface area contributed by atoms with Crippen molar-refractivity contribution in [3.05, 3.63) is 192 Å². The van der Waals surface area contributed by atoms with Crippen molar-refractivity contribution in [3.63, 3.8) is 0 Å². The van der Waals surface area contributed by atoms with Crippen LogP contribution in [-0.2, 0) is 13.1 Å². The van der Waals surface area contributed by atoms with Crippen molar-refractivity contribution in [1.29, 1.82) is 0 Å². The number of amides is 2. The first-order chi connectivity index (χ1) is 42.1. The number of benzene rings is 6. The van der Waals surface area contributed by atoms with Gasteiger partial charge in [-0.05, 0) is 99.6 Å². The lowest BCUT2D eigenvalue weighted by Crippen LogP contribution is -2.56. The second kappa shape index (κ2) is 27.8. The van der Waals surface area contributed by atoms with E-state index in [0.717, 1.165) is 74.4 Å². The summed E-state index contributed by atoms with van der Waals surface area (Å²) in [7, 11) is 3.27. The first-order valence-electron chi connectivity index (χ1n) is 30.5. The summed E-state index contributed by atoms with van der Waals surface area (Å²) in [4.78, 5) is 47.7. The number of carbonyl (C=O) groups excluding carboxylic acids is 2. The molecule has 0 bridgehead atoms. The highest BCUT2D eigenvalue weighted by Gasteiger charge is 2.41. The van der Waals surface area contributed by atoms with Crippen molar-refractivity contribution in [2.75, 3.05) is 66.7 Å². The largest absolute Gasteiger partial charge is 0.495 e. The maximum absolute atomic E-state index is 14.7. The van der Waals surface area contributed by atoms with Crippen molar-refractivity contribution in [3.8, 4) is 57.4 Å². The molecule has 2 aliphatic heterocycles. The van der Waals surface area contributed by atoms with Crippen LogP contribution >= 0.6 is 0 Å². The number of hydrogen-bond donors (Lipinski definition) is 2. The normalized spacial score (nSPS) is 17.9. The topological polar surface area (TPSA) is 160 Å². The van der Waals surface area contributed by atoms with Crippen LogP contribution in [-0.4, -0.2) is 152 Å². The fraction of sp³-hybridized carbons (Fsp3) is 0.371. The van der Waals surface area contributed by atoms with Gasteiger partial charge in [0.25, 0.3) is 11.8 Å². The van der Waals surface area contributed by atoms with Crippen molar-refractivity contribution >= 4 is 11.8 Å². The molecule has 2 saturated carbocycles. The van der Waals surface area contributed by atoms with Crippen LogP contribution in [0.15, 0.2) is 170 Å². The lowest BCUT2D eigenvalue weighted by Gasteiger charge is -2.42. The Labute approximate surface area is 505 Å². The van der Waals surface area contributed by atoms with Crippen LogP contribution in [0.5, 0.6) is 23.5 Å². The van der Waals surface area contributed by atoms with Gasteiger partial charge in [-0.15, -0.1) is 0 Å². The van der Waals surface area contributed by atoms with E-state index in [4.69, 9.17) is 28.9 Å². The van der Waals surface area contributed by atoms with E-state index in [0.29, 0.717) is 110 Å². The smallest absolute Gasteiger partial charge is 0.302 e. The quantitative estimate of drug-likeness (QED) is 0.0662. The summed E-state index contributed by atoms with van der Waals surface area (Å²) in [6.45, 7) is 10.2. The molecule has 16 heteroatoms. The molecule has 0 unspecified atom stereocenters. The van der Waals surface area contributed by atoms with Gasteiger partial charge < -0.3 is 39.0 Å². The molecule has 6 aromatic carbocycles. The number of hydrogen-bond acceptors (Lipinski definition) is 12. The molecule has 2 aromatic heterocycles. The Morgan fingerprint density at radius 2 is 0.837 bits per heavy atom. The monoisotopic (exact) mass is 1160 g/mol. The highest BCUT2D eigenvalue weighted by Crippen LogP contribution is 2.41. The molecule has 8 aromatic rings. The van der Waals surface area contributed by atoms with Crippen LogP contribution in [0, 0.1) is 11.8 Å². The first-order valence-corrected chi connectivity index (χ1v) is 30.5. The van der Waals surface area contributed by atoms with Gasteiger partial charge in [-0.3, -0.25) is 28.5 Å². The molecule has 2 saturated heterocycles. The molecule has 4 fully saturated rings. The zero-order valence-electron chi connectivity index (χ0n) is 49.9. The highest BCUT2D eigenvalue weighted by atomic mass is 16.5. The Hall–Kier alpha value is -8.28. The number of aliphatic hydroxyl groups is 2. The summed E-state index contributed by atoms with van der Waals surface area (Å²) in [5, 5.41) is 22.1. The van der Waals surface area contributed by atoms with E-state index in [9.17, 15) is 19.8 Å². The van der Waals surface area contributed by atoms with Gasteiger partial charge in [0.05, 0.1) is 62.4 Å². The van der Waals surface area contributed by atoms with Crippen molar-refractivity contribution < 1.29 is 38.7 Å². The van der Waals surface area contributed by atoms with Crippen LogP contribution in [0.4, 0.5) is 0 Å². The summed E-state index contributed by atoms with van der Waals surface area (Å²) in [6, 6.07) is 56.3. The van der Waals surface area contributed by atoms with Crippen molar-refractivity contribution in [2.45, 2.75) is 89.8 Å². The molecule has 4 heterocycles. The Bertz CT molecular complexity index is 3270. The molecule has 4 aliphatic rings. The van der Waals surface area contributed by atoms with E-state index in [1.54, 1.807) is 14.2 Å². The maximum Gasteiger partial charge on any atom is 0.302 e. The van der Waals surface area contributed by atoms with Gasteiger partial charge in [-0.2, -0.15) is 9.97 Å². The van der Waals surface area contributed by atoms with Crippen LogP contribution in [0.25, 0.3) is 33.9 Å². The maximum atomic E-state index is 14.7. The SMILES string of the molecule is CCOc1nc(C(=O)N2CCN(Cc3ccccc3)C[C@H]2C[C@@H](O)C2CC2)c(-c2ccccc2)n1-c1ccccc1OC.CCOc1nc(C(=O)N2CCN(Cc3ccccc3)C[C@H]2C[C@H](O)C2CC2)c(-c2ccccc2)n1-c1ccccc1OC. The Kier molecular flexibility index (Phi) is 19.2. The fourth-order valence-electron chi connectivity index (χ4n) is 12.3. The number of imidazole rings is 2. The molecule has 2 N–H and O–H groups in total. The number of methoxy groups -OCH3 is 2. The summed E-state index contributed by atoms with van der Waals surface area (Å²) in [6.07, 6.45) is 4.46. The van der Waals surface area contributed by atoms with Gasteiger partial charge in [-0.25, -0.2) is 0 Å². The van der Waals surface area contributed by atoms with Gasteiger partial charge in [-0.1, -0.05) is 146 Å². The van der Waals surface area contributed by atoms with E-state index in [1.807, 2.05) is 154 Å². The number of rotatable bonds is 22. The molecular formula is C70H80N8O8. The summed E-state index contributed by atoms with van der Waals surface area (Å²) in [5.74, 6) is 1.65. The first kappa shape index (κ1) is 59.5. The molecule has 86 heavy (non-hydrogen) atoms. The molecule has 448 valence electrons. The van der Waals surface area contributed by atoms with Gasteiger partial charge >= 0.3 is 12.0 Å². The summed E-state index contributed by atoms with van der Waals surface area (Å²) in [5.41, 5.74) is 7.67. The van der Waals surface area contributed by atoms with Gasteiger partial charge in [0.2, 0.25) is 0 Å². The van der Waals surface area contributed by atoms with Crippen LogP contribution in [0.1, 0.15) is 84.5 Å². The van der Waals surface area contributed by atoms with E-state index in [1.165, 1.54) is 11.1 Å². The number of aromatic nitrogens is 4. The number of para-hydroxylation sites is 4. The van der Waals surface area contributed by atoms with E-state index in [-0.39, 0.29) is 23.9 Å². The van der Waals surface area contributed by atoms with E-state index < -0.39 is 12.2 Å². The Morgan fingerprint density at radius 3 is 1.19 bits per heavy atom. The predicted molar refractivity (Wildman–Crippen MR) is 333 cm³/mol. The predicted octanol–water partition coefficient (Wildman–Crippen LogP) is 10.9. The average molecular weight is 1160 g/mol. The third-order valence-electron chi connectivity index (χ3n) is 16.9. The van der Waals surface area contributed by atoms with Crippen LogP contribution < -0.4 is 18.9 Å². The second-order valence-electron chi connectivity index (χ2n) is 22.8. The number of aliphatic hydroxyl groups excluding tert-OH is 2. The number of piperazine rings is 2. The summed E-state index contributed by atoms with van der Waals surface area (Å²) >= 11 is 0. The molecule has 0 radical (unpaired) electrons. The Balaban J connectivity index is 0.000000179. The minimum Gasteiger partial charge on any atom is -0.495 e. The van der Waals surface area contributed by atoms with Crippen LogP contribution in [0.3, 0.4) is 0 Å². The minimum absolute atomic E-state index is 0.142. The molecule has 4 atom stereocenters. The number of nitrogens with zero attached hydrogens (tertiary/aromatic N) is 8. The lowest BCUT2D eigenvalue weighted by atomic mass is 10.00. The molecule has 12 rings (SSSR count). The zero-order chi connectivity index (χ0) is 59.5.